The Balaban J connectivity index is 1.70. The van der Waals surface area contributed by atoms with Crippen LogP contribution in [0, 0.1) is 20.8 Å². The van der Waals surface area contributed by atoms with Crippen LogP contribution >= 0.6 is 11.6 Å². The van der Waals surface area contributed by atoms with Crippen LogP contribution in [0.5, 0.6) is 0 Å². The third-order valence-electron chi connectivity index (χ3n) is 5.32. The molecule has 0 unspecified atom stereocenters. The maximum atomic E-state index is 12.9. The van der Waals surface area contributed by atoms with Crippen LogP contribution in [-0.4, -0.2) is 20.8 Å². The molecule has 2 heterocycles. The first-order valence-electron chi connectivity index (χ1n) is 10.0. The van der Waals surface area contributed by atoms with Gasteiger partial charge in [0.15, 0.2) is 0 Å². The number of nitrogens with one attached hydrogen (secondary N) is 1. The van der Waals surface area contributed by atoms with E-state index in [9.17, 15) is 9.59 Å². The van der Waals surface area contributed by atoms with Crippen molar-refractivity contribution in [1.29, 1.82) is 0 Å². The zero-order valence-electron chi connectivity index (χ0n) is 17.9. The van der Waals surface area contributed by atoms with E-state index in [0.717, 1.165) is 28.1 Å². The van der Waals surface area contributed by atoms with Crippen LogP contribution < -0.4 is 16.6 Å². The van der Waals surface area contributed by atoms with Gasteiger partial charge >= 0.3 is 0 Å². The van der Waals surface area contributed by atoms with E-state index < -0.39 is 0 Å². The van der Waals surface area contributed by atoms with Gasteiger partial charge in [-0.15, -0.1) is 0 Å². The second-order valence-electron chi connectivity index (χ2n) is 7.46. The lowest BCUT2D eigenvalue weighted by Gasteiger charge is -2.12. The number of hydrogen-bond acceptors (Lipinski definition) is 6. The molecule has 0 saturated carbocycles. The second-order valence-corrected chi connectivity index (χ2v) is 7.89. The SMILES string of the molecule is Cc1cnn(CCc2c(C)noc2C)c(=O)c1CC(=O)NCc1cc(Cl)ccc1CN. The molecular weight excluding hydrogens is 418 g/mol. The van der Waals surface area contributed by atoms with Crippen LogP contribution in [0.3, 0.4) is 0 Å². The number of benzene rings is 1. The number of hydrogen-bond donors (Lipinski definition) is 2. The van der Waals surface area contributed by atoms with E-state index >= 15 is 0 Å². The van der Waals surface area contributed by atoms with Crippen molar-refractivity contribution in [3.63, 3.8) is 0 Å². The van der Waals surface area contributed by atoms with Gasteiger partial charge in [-0.1, -0.05) is 22.8 Å². The Morgan fingerprint density at radius 1 is 1.23 bits per heavy atom. The van der Waals surface area contributed by atoms with Crippen molar-refractivity contribution in [3.8, 4) is 0 Å². The summed E-state index contributed by atoms with van der Waals surface area (Å²) < 4.78 is 6.55. The first-order chi connectivity index (χ1) is 14.8. The molecule has 0 saturated heterocycles. The van der Waals surface area contributed by atoms with Crippen molar-refractivity contribution in [2.45, 2.75) is 53.2 Å². The number of carbonyl (C=O) groups excluding carboxylic acids is 1. The first-order valence-corrected chi connectivity index (χ1v) is 10.4. The van der Waals surface area contributed by atoms with Crippen LogP contribution in [0.1, 0.15) is 39.3 Å². The minimum absolute atomic E-state index is 0.0307. The summed E-state index contributed by atoms with van der Waals surface area (Å²) in [6, 6.07) is 5.39. The molecule has 9 heteroatoms. The largest absolute Gasteiger partial charge is 0.361 e. The van der Waals surface area contributed by atoms with Gasteiger partial charge in [-0.3, -0.25) is 9.59 Å². The van der Waals surface area contributed by atoms with Crippen LogP contribution in [0.15, 0.2) is 33.7 Å². The van der Waals surface area contributed by atoms with Crippen molar-refractivity contribution in [3.05, 3.63) is 79.0 Å². The smallest absolute Gasteiger partial charge is 0.270 e. The van der Waals surface area contributed by atoms with Gasteiger partial charge in [0.05, 0.1) is 18.3 Å². The summed E-state index contributed by atoms with van der Waals surface area (Å²) in [5, 5.41) is 11.6. The van der Waals surface area contributed by atoms with Gasteiger partial charge in [-0.05, 0) is 56.0 Å². The third-order valence-corrected chi connectivity index (χ3v) is 5.55. The first kappa shape index (κ1) is 22.7. The zero-order chi connectivity index (χ0) is 22.5. The lowest BCUT2D eigenvalue weighted by Crippen LogP contribution is -2.32. The molecule has 1 amide bonds. The average Bonchev–Trinajstić information content (AvgIpc) is 3.06. The number of halogens is 1. The highest BCUT2D eigenvalue weighted by Crippen LogP contribution is 2.16. The summed E-state index contributed by atoms with van der Waals surface area (Å²) in [7, 11) is 0. The monoisotopic (exact) mass is 443 g/mol. The predicted octanol–water partition coefficient (Wildman–Crippen LogP) is 2.37. The molecule has 0 aliphatic carbocycles. The van der Waals surface area contributed by atoms with Crippen molar-refractivity contribution in [2.24, 2.45) is 5.73 Å². The fraction of sp³-hybridized carbons (Fsp3) is 0.364. The van der Waals surface area contributed by atoms with E-state index in [1.807, 2.05) is 19.9 Å². The molecule has 3 N–H and O–H groups in total. The molecule has 31 heavy (non-hydrogen) atoms. The highest BCUT2D eigenvalue weighted by molar-refractivity contribution is 6.30. The Hall–Kier alpha value is -2.97. The zero-order valence-corrected chi connectivity index (χ0v) is 18.6. The summed E-state index contributed by atoms with van der Waals surface area (Å²) >= 11 is 6.05. The summed E-state index contributed by atoms with van der Waals surface area (Å²) in [6.07, 6.45) is 2.15. The number of aryl methyl sites for hydroxylation is 4. The van der Waals surface area contributed by atoms with Gasteiger partial charge in [-0.25, -0.2) is 4.68 Å². The molecule has 0 spiro atoms. The molecule has 2 aromatic heterocycles. The second kappa shape index (κ2) is 9.89. The molecule has 0 aliphatic heterocycles. The Morgan fingerprint density at radius 3 is 2.68 bits per heavy atom. The lowest BCUT2D eigenvalue weighted by atomic mass is 10.1. The number of rotatable bonds is 8. The quantitative estimate of drug-likeness (QED) is 0.552. The van der Waals surface area contributed by atoms with Crippen LogP contribution in [0.2, 0.25) is 5.02 Å². The lowest BCUT2D eigenvalue weighted by molar-refractivity contribution is -0.120. The van der Waals surface area contributed by atoms with E-state index in [2.05, 4.69) is 15.6 Å². The molecule has 3 rings (SSSR count). The fourth-order valence-corrected chi connectivity index (χ4v) is 3.63. The maximum Gasteiger partial charge on any atom is 0.270 e. The highest BCUT2D eigenvalue weighted by atomic mass is 35.5. The van der Waals surface area contributed by atoms with Crippen molar-refractivity contribution in [2.75, 3.05) is 0 Å². The summed E-state index contributed by atoms with van der Waals surface area (Å²) in [5.74, 6) is 0.474. The standard InChI is InChI=1S/C22H26ClN5O3/c1-13-11-26-28(7-6-19-14(2)27-31-15(19)3)22(30)20(13)9-21(29)25-12-17-8-18(23)5-4-16(17)10-24/h4-5,8,11H,6-7,9-10,12,24H2,1-3H3,(H,25,29). The van der Waals surface area contributed by atoms with Gasteiger partial charge in [-0.2, -0.15) is 5.10 Å². The normalized spacial score (nSPS) is 11.0. The van der Waals surface area contributed by atoms with Gasteiger partial charge in [0.25, 0.3) is 5.56 Å². The van der Waals surface area contributed by atoms with E-state index in [1.165, 1.54) is 4.68 Å². The fourth-order valence-electron chi connectivity index (χ4n) is 3.44. The van der Waals surface area contributed by atoms with E-state index in [1.54, 1.807) is 25.3 Å². The number of nitrogens with two attached hydrogens (primary N) is 1. The topological polar surface area (TPSA) is 116 Å². The van der Waals surface area contributed by atoms with Crippen LogP contribution in [0.25, 0.3) is 0 Å². The minimum atomic E-state index is -0.271. The molecule has 0 atom stereocenters. The molecule has 0 radical (unpaired) electrons. The molecule has 164 valence electrons. The summed E-state index contributed by atoms with van der Waals surface area (Å²) in [5.41, 5.74) is 10.1. The molecule has 3 aromatic rings. The Morgan fingerprint density at radius 2 is 2.00 bits per heavy atom. The maximum absolute atomic E-state index is 12.9. The Bertz CT molecular complexity index is 1130. The molecule has 0 aliphatic rings. The molecule has 0 bridgehead atoms. The summed E-state index contributed by atoms with van der Waals surface area (Å²) in [6.45, 7) is 6.49. The van der Waals surface area contributed by atoms with Gasteiger partial charge in [0.1, 0.15) is 5.76 Å². The molecule has 1 aromatic carbocycles. The van der Waals surface area contributed by atoms with Crippen molar-refractivity contribution < 1.29 is 9.32 Å². The van der Waals surface area contributed by atoms with Crippen molar-refractivity contribution >= 4 is 17.5 Å². The van der Waals surface area contributed by atoms with Gasteiger partial charge in [0, 0.05) is 35.8 Å². The number of carbonyl (C=O) groups is 1. The molecule has 8 nitrogen and oxygen atoms in total. The average molecular weight is 444 g/mol. The van der Waals surface area contributed by atoms with E-state index in [4.69, 9.17) is 21.9 Å². The third kappa shape index (κ3) is 5.39. The highest BCUT2D eigenvalue weighted by Gasteiger charge is 2.15. The Kier molecular flexibility index (Phi) is 7.25. The number of aromatic nitrogens is 3. The predicted molar refractivity (Wildman–Crippen MR) is 118 cm³/mol. The van der Waals surface area contributed by atoms with Gasteiger partial charge < -0.3 is 15.6 Å². The molecular formula is C22H26ClN5O3. The van der Waals surface area contributed by atoms with E-state index in [0.29, 0.717) is 35.7 Å². The van der Waals surface area contributed by atoms with E-state index in [-0.39, 0.29) is 24.4 Å². The van der Waals surface area contributed by atoms with Crippen molar-refractivity contribution in [1.82, 2.24) is 20.3 Å². The number of amides is 1. The summed E-state index contributed by atoms with van der Waals surface area (Å²) in [4.78, 5) is 25.5. The van der Waals surface area contributed by atoms with Crippen LogP contribution in [-0.2, 0) is 37.3 Å². The molecule has 0 fully saturated rings. The number of nitrogens with zero attached hydrogens (tertiary/aromatic N) is 3. The minimum Gasteiger partial charge on any atom is -0.361 e. The van der Waals surface area contributed by atoms with Crippen LogP contribution in [0.4, 0.5) is 0 Å². The van der Waals surface area contributed by atoms with Gasteiger partial charge in [0.2, 0.25) is 5.91 Å². The Labute approximate surface area is 185 Å².